The van der Waals surface area contributed by atoms with Gasteiger partial charge in [0.1, 0.15) is 5.82 Å². The normalized spacial score (nSPS) is 23.2. The van der Waals surface area contributed by atoms with E-state index in [1.54, 1.807) is 10.8 Å². The van der Waals surface area contributed by atoms with Crippen LogP contribution in [0.1, 0.15) is 61.0 Å². The zero-order valence-electron chi connectivity index (χ0n) is 16.4. The Labute approximate surface area is 163 Å². The van der Waals surface area contributed by atoms with Crippen LogP contribution in [0.2, 0.25) is 0 Å². The van der Waals surface area contributed by atoms with E-state index in [9.17, 15) is 14.7 Å². The standard InChI is InChI=1S/C21H27N3O4/c1-12-15-10-22-19(23-16-7-8-28-11-18(16)26)9-17(15)24(14-5-3-4-6-14)21(27)20(12)13(2)25/h9-10,14,16,18,26H,3-8,11H2,1-2H3,(H,22,23)/t16-,18+/m1/s1. The topological polar surface area (TPSA) is 93.4 Å². The number of aryl methyl sites for hydroxylation is 1. The van der Waals surface area contributed by atoms with Gasteiger partial charge in [0.25, 0.3) is 5.56 Å². The van der Waals surface area contributed by atoms with Gasteiger partial charge in [-0.05, 0) is 38.7 Å². The van der Waals surface area contributed by atoms with E-state index >= 15 is 0 Å². The molecule has 0 spiro atoms. The Balaban J connectivity index is 1.84. The summed E-state index contributed by atoms with van der Waals surface area (Å²) in [4.78, 5) is 29.9. The summed E-state index contributed by atoms with van der Waals surface area (Å²) in [6, 6.07) is 1.86. The number of Topliss-reactive ketones (excluding diaryl/α,β-unsaturated/α-hetero) is 1. The predicted molar refractivity (Wildman–Crippen MR) is 107 cm³/mol. The molecule has 1 aliphatic carbocycles. The second-order valence-corrected chi connectivity index (χ2v) is 7.94. The Morgan fingerprint density at radius 3 is 2.75 bits per heavy atom. The van der Waals surface area contributed by atoms with Gasteiger partial charge in [0.05, 0.1) is 29.8 Å². The lowest BCUT2D eigenvalue weighted by molar-refractivity contribution is -0.0135. The lowest BCUT2D eigenvalue weighted by Gasteiger charge is -2.29. The van der Waals surface area contributed by atoms with E-state index in [4.69, 9.17) is 4.74 Å². The molecule has 7 nitrogen and oxygen atoms in total. The Morgan fingerprint density at radius 1 is 1.32 bits per heavy atom. The van der Waals surface area contributed by atoms with Gasteiger partial charge in [-0.2, -0.15) is 0 Å². The first kappa shape index (κ1) is 19.1. The van der Waals surface area contributed by atoms with E-state index in [-0.39, 0.29) is 29.0 Å². The fraction of sp³-hybridized carbons (Fsp3) is 0.571. The number of aromatic nitrogens is 2. The smallest absolute Gasteiger partial charge is 0.262 e. The van der Waals surface area contributed by atoms with E-state index in [1.165, 1.54) is 6.92 Å². The van der Waals surface area contributed by atoms with Gasteiger partial charge >= 0.3 is 0 Å². The molecule has 150 valence electrons. The van der Waals surface area contributed by atoms with Gasteiger partial charge in [0, 0.05) is 30.3 Å². The molecule has 2 N–H and O–H groups in total. The minimum absolute atomic E-state index is 0.109. The van der Waals surface area contributed by atoms with Crippen molar-refractivity contribution in [1.82, 2.24) is 9.55 Å². The summed E-state index contributed by atoms with van der Waals surface area (Å²) in [5.41, 5.74) is 1.56. The molecule has 7 heteroatoms. The molecule has 0 aromatic carbocycles. The molecule has 2 aliphatic rings. The lowest BCUT2D eigenvalue weighted by Crippen LogP contribution is -2.42. The number of nitrogens with zero attached hydrogens (tertiary/aromatic N) is 2. The predicted octanol–water partition coefficient (Wildman–Crippen LogP) is 2.58. The molecule has 2 aromatic heterocycles. The van der Waals surface area contributed by atoms with Crippen molar-refractivity contribution in [2.75, 3.05) is 18.5 Å². The quantitative estimate of drug-likeness (QED) is 0.786. The van der Waals surface area contributed by atoms with Crippen LogP contribution in [0.15, 0.2) is 17.1 Å². The number of nitrogens with one attached hydrogen (secondary N) is 1. The van der Waals surface area contributed by atoms with Crippen LogP contribution in [0.3, 0.4) is 0 Å². The highest BCUT2D eigenvalue weighted by molar-refractivity contribution is 6.00. The molecule has 2 fully saturated rings. The largest absolute Gasteiger partial charge is 0.389 e. The monoisotopic (exact) mass is 385 g/mol. The van der Waals surface area contributed by atoms with Crippen LogP contribution in [0.4, 0.5) is 5.82 Å². The lowest BCUT2D eigenvalue weighted by atomic mass is 10.0. The van der Waals surface area contributed by atoms with Crippen molar-refractivity contribution in [2.24, 2.45) is 0 Å². The minimum atomic E-state index is -0.593. The Hall–Kier alpha value is -2.25. The third kappa shape index (κ3) is 3.33. The molecule has 0 unspecified atom stereocenters. The minimum Gasteiger partial charge on any atom is -0.389 e. The summed E-state index contributed by atoms with van der Waals surface area (Å²) in [5.74, 6) is 0.420. The number of pyridine rings is 2. The highest BCUT2D eigenvalue weighted by atomic mass is 16.5. The Morgan fingerprint density at radius 2 is 2.07 bits per heavy atom. The van der Waals surface area contributed by atoms with Crippen LogP contribution in [0.25, 0.3) is 10.9 Å². The van der Waals surface area contributed by atoms with Gasteiger partial charge in [-0.1, -0.05) is 12.8 Å². The van der Waals surface area contributed by atoms with E-state index in [0.717, 1.165) is 36.6 Å². The maximum Gasteiger partial charge on any atom is 0.262 e. The van der Waals surface area contributed by atoms with Gasteiger partial charge in [0.2, 0.25) is 0 Å². The number of ketones is 1. The number of carbonyl (C=O) groups excluding carboxylic acids is 1. The summed E-state index contributed by atoms with van der Waals surface area (Å²) in [6.45, 7) is 4.16. The summed E-state index contributed by atoms with van der Waals surface area (Å²) in [5, 5.41) is 14.3. The number of rotatable bonds is 4. The summed E-state index contributed by atoms with van der Waals surface area (Å²) in [7, 11) is 0. The van der Waals surface area contributed by atoms with Crippen molar-refractivity contribution in [2.45, 2.75) is 64.1 Å². The average Bonchev–Trinajstić information content (AvgIpc) is 3.17. The molecule has 2 aromatic rings. The van der Waals surface area contributed by atoms with Gasteiger partial charge < -0.3 is 19.7 Å². The van der Waals surface area contributed by atoms with Gasteiger partial charge in [0.15, 0.2) is 5.78 Å². The summed E-state index contributed by atoms with van der Waals surface area (Å²) < 4.78 is 7.09. The fourth-order valence-electron chi connectivity index (χ4n) is 4.56. The molecule has 28 heavy (non-hydrogen) atoms. The first-order chi connectivity index (χ1) is 13.5. The molecular formula is C21H27N3O4. The number of hydrogen-bond donors (Lipinski definition) is 2. The van der Waals surface area contributed by atoms with Crippen LogP contribution in [0, 0.1) is 6.92 Å². The first-order valence-electron chi connectivity index (χ1n) is 10.1. The highest BCUT2D eigenvalue weighted by Crippen LogP contribution is 2.33. The Bertz CT molecular complexity index is 962. The number of hydrogen-bond acceptors (Lipinski definition) is 6. The van der Waals surface area contributed by atoms with Crippen LogP contribution in [-0.2, 0) is 4.74 Å². The number of fused-ring (bicyclic) bond motifs is 1. The van der Waals surface area contributed by atoms with Crippen molar-refractivity contribution in [3.8, 4) is 0 Å². The molecule has 2 atom stereocenters. The molecule has 0 amide bonds. The number of aliphatic hydroxyl groups is 1. The Kier molecular flexibility index (Phi) is 5.21. The third-order valence-corrected chi connectivity index (χ3v) is 6.05. The number of ether oxygens (including phenoxy) is 1. The molecule has 0 bridgehead atoms. The van der Waals surface area contributed by atoms with Crippen LogP contribution >= 0.6 is 0 Å². The number of carbonyl (C=O) groups is 1. The maximum atomic E-state index is 13.2. The van der Waals surface area contributed by atoms with E-state index < -0.39 is 6.10 Å². The fourth-order valence-corrected chi connectivity index (χ4v) is 4.56. The molecule has 4 rings (SSSR count). The van der Waals surface area contributed by atoms with Crippen molar-refractivity contribution in [1.29, 1.82) is 0 Å². The summed E-state index contributed by atoms with van der Waals surface area (Å²) in [6.07, 6.45) is 5.90. The zero-order valence-corrected chi connectivity index (χ0v) is 16.4. The highest BCUT2D eigenvalue weighted by Gasteiger charge is 2.27. The molecule has 1 aliphatic heterocycles. The summed E-state index contributed by atoms with van der Waals surface area (Å²) >= 11 is 0. The maximum absolute atomic E-state index is 13.2. The van der Waals surface area contributed by atoms with Crippen LogP contribution in [-0.4, -0.2) is 45.8 Å². The zero-order chi connectivity index (χ0) is 19.8. The molecule has 1 saturated carbocycles. The molecule has 3 heterocycles. The van der Waals surface area contributed by atoms with Crippen molar-refractivity contribution in [3.63, 3.8) is 0 Å². The van der Waals surface area contributed by atoms with Gasteiger partial charge in [-0.15, -0.1) is 0 Å². The molecule has 1 saturated heterocycles. The van der Waals surface area contributed by atoms with E-state index in [2.05, 4.69) is 10.3 Å². The van der Waals surface area contributed by atoms with E-state index in [0.29, 0.717) is 31.0 Å². The van der Waals surface area contributed by atoms with Crippen LogP contribution < -0.4 is 10.9 Å². The molecule has 0 radical (unpaired) electrons. The van der Waals surface area contributed by atoms with E-state index in [1.807, 2.05) is 13.0 Å². The van der Waals surface area contributed by atoms with Gasteiger partial charge in [-0.25, -0.2) is 4.98 Å². The number of anilines is 1. The van der Waals surface area contributed by atoms with Crippen molar-refractivity contribution in [3.05, 3.63) is 33.7 Å². The van der Waals surface area contributed by atoms with Gasteiger partial charge in [-0.3, -0.25) is 9.59 Å². The van der Waals surface area contributed by atoms with Crippen molar-refractivity contribution >= 4 is 22.5 Å². The molecular weight excluding hydrogens is 358 g/mol. The average molecular weight is 385 g/mol. The number of aliphatic hydroxyl groups excluding tert-OH is 1. The third-order valence-electron chi connectivity index (χ3n) is 6.05. The van der Waals surface area contributed by atoms with Crippen LogP contribution in [0.5, 0.6) is 0 Å². The SMILES string of the molecule is CC(=O)c1c(C)c2cnc(N[C@@H]3CCOC[C@@H]3O)cc2n(C2CCCC2)c1=O. The first-order valence-corrected chi connectivity index (χ1v) is 10.1. The van der Waals surface area contributed by atoms with Crippen molar-refractivity contribution < 1.29 is 14.6 Å². The second kappa shape index (κ2) is 7.64. The second-order valence-electron chi connectivity index (χ2n) is 7.94.